The van der Waals surface area contributed by atoms with E-state index in [4.69, 9.17) is 4.74 Å². The van der Waals surface area contributed by atoms with Crippen molar-refractivity contribution in [3.63, 3.8) is 0 Å². The molecule has 0 aromatic carbocycles. The molecule has 0 saturated carbocycles. The van der Waals surface area contributed by atoms with Gasteiger partial charge in [-0.1, -0.05) is 24.4 Å². The molecule has 3 atom stereocenters. The van der Waals surface area contributed by atoms with Gasteiger partial charge >= 0.3 is 5.97 Å². The van der Waals surface area contributed by atoms with Gasteiger partial charge in [-0.25, -0.2) is 4.79 Å². The maximum absolute atomic E-state index is 12.0. The molecular formula is C12H15NO4S2. The quantitative estimate of drug-likeness (QED) is 0.467. The first-order valence-corrected chi connectivity index (χ1v) is 7.87. The number of esters is 1. The highest BCUT2D eigenvalue weighted by molar-refractivity contribution is 8.22. The van der Waals surface area contributed by atoms with Gasteiger partial charge in [-0.05, 0) is 13.2 Å². The summed E-state index contributed by atoms with van der Waals surface area (Å²) in [6, 6.07) is 0. The number of ether oxygens (including phenoxy) is 1. The molecule has 7 heteroatoms. The first-order valence-electron chi connectivity index (χ1n) is 5.77. The number of β-lactam (4-membered cyclic amide) rings is 1. The summed E-state index contributed by atoms with van der Waals surface area (Å²) in [6.45, 7) is 5.18. The summed E-state index contributed by atoms with van der Waals surface area (Å²) >= 11 is 2.84. The third-order valence-electron chi connectivity index (χ3n) is 2.98. The van der Waals surface area contributed by atoms with E-state index >= 15 is 0 Å². The van der Waals surface area contributed by atoms with Crippen LogP contribution >= 0.6 is 23.5 Å². The molecule has 1 amide bonds. The number of aliphatic hydroxyl groups excluding tert-OH is 1. The van der Waals surface area contributed by atoms with Crippen molar-refractivity contribution in [2.45, 2.75) is 18.4 Å². The first kappa shape index (κ1) is 14.5. The fourth-order valence-corrected chi connectivity index (χ4v) is 4.46. The summed E-state index contributed by atoms with van der Waals surface area (Å²) in [4.78, 5) is 25.4. The lowest BCUT2D eigenvalue weighted by Crippen LogP contribution is -2.60. The van der Waals surface area contributed by atoms with Crippen molar-refractivity contribution < 1.29 is 19.4 Å². The van der Waals surface area contributed by atoms with E-state index in [1.54, 1.807) is 6.92 Å². The second-order valence-electron chi connectivity index (χ2n) is 4.21. The van der Waals surface area contributed by atoms with Crippen molar-refractivity contribution >= 4 is 35.4 Å². The zero-order valence-corrected chi connectivity index (χ0v) is 12.3. The number of hydrogen-bond donors (Lipinski definition) is 1. The molecule has 0 spiro atoms. The van der Waals surface area contributed by atoms with E-state index in [-0.39, 0.29) is 17.9 Å². The molecule has 104 valence electrons. The molecule has 0 bridgehead atoms. The summed E-state index contributed by atoms with van der Waals surface area (Å²) in [5, 5.41) is 9.41. The van der Waals surface area contributed by atoms with Gasteiger partial charge in [0.25, 0.3) is 0 Å². The molecule has 19 heavy (non-hydrogen) atoms. The van der Waals surface area contributed by atoms with Crippen LogP contribution in [0.5, 0.6) is 0 Å². The summed E-state index contributed by atoms with van der Waals surface area (Å²) in [5.41, 5.74) is 0.297. The standard InChI is InChI=1S/C12H15NO4S2/c1-4-5-17-11(16)8-12(18-3)19-10-7(6(2)14)9(15)13(8)10/h4,6-7,10,14H,1,5H2,2-3H3/t6?,7?,10-/m1/s1. The topological polar surface area (TPSA) is 66.8 Å². The lowest BCUT2D eigenvalue weighted by atomic mass is 9.92. The van der Waals surface area contributed by atoms with Gasteiger partial charge in [0.1, 0.15) is 12.0 Å². The zero-order valence-electron chi connectivity index (χ0n) is 10.7. The van der Waals surface area contributed by atoms with Crippen LogP contribution in [0.25, 0.3) is 0 Å². The fraction of sp³-hybridized carbons (Fsp3) is 0.500. The van der Waals surface area contributed by atoms with Gasteiger partial charge in [-0.3, -0.25) is 9.69 Å². The lowest BCUT2D eigenvalue weighted by molar-refractivity contribution is -0.157. The maximum Gasteiger partial charge on any atom is 0.357 e. The van der Waals surface area contributed by atoms with Crippen LogP contribution in [0.4, 0.5) is 0 Å². The first-order chi connectivity index (χ1) is 9.02. The predicted octanol–water partition coefficient (Wildman–Crippen LogP) is 1.16. The second-order valence-corrected chi connectivity index (χ2v) is 6.41. The number of aliphatic hydroxyl groups is 1. The van der Waals surface area contributed by atoms with E-state index in [0.29, 0.717) is 5.70 Å². The second kappa shape index (κ2) is 5.60. The largest absolute Gasteiger partial charge is 0.457 e. The zero-order chi connectivity index (χ0) is 14.2. The van der Waals surface area contributed by atoms with E-state index in [1.807, 2.05) is 6.26 Å². The summed E-state index contributed by atoms with van der Waals surface area (Å²) in [6.07, 6.45) is 2.61. The Morgan fingerprint density at radius 2 is 2.42 bits per heavy atom. The monoisotopic (exact) mass is 301 g/mol. The number of carbonyl (C=O) groups excluding carboxylic acids is 2. The smallest absolute Gasteiger partial charge is 0.357 e. The number of fused-ring (bicyclic) bond motifs is 1. The minimum Gasteiger partial charge on any atom is -0.457 e. The Kier molecular flexibility index (Phi) is 4.27. The van der Waals surface area contributed by atoms with Gasteiger partial charge in [0.05, 0.1) is 16.3 Å². The maximum atomic E-state index is 12.0. The third-order valence-corrected chi connectivity index (χ3v) is 5.48. The van der Waals surface area contributed by atoms with Crippen LogP contribution in [0.1, 0.15) is 6.92 Å². The van der Waals surface area contributed by atoms with Gasteiger partial charge in [0, 0.05) is 0 Å². The third kappa shape index (κ3) is 2.30. The van der Waals surface area contributed by atoms with Crippen molar-refractivity contribution in [1.82, 2.24) is 4.90 Å². The minimum atomic E-state index is -0.715. The van der Waals surface area contributed by atoms with E-state index in [0.717, 1.165) is 4.24 Å². The number of rotatable bonds is 5. The SMILES string of the molecule is C=CCOC(=O)C1=C(SC)S[C@@H]2C(C(C)O)C(=O)N12. The Hall–Kier alpha value is -0.920. The highest BCUT2D eigenvalue weighted by Gasteiger charge is 2.57. The average Bonchev–Trinajstić information content (AvgIpc) is 2.69. The molecule has 2 heterocycles. The Morgan fingerprint density at radius 1 is 1.74 bits per heavy atom. The van der Waals surface area contributed by atoms with Crippen molar-refractivity contribution in [2.75, 3.05) is 12.9 Å². The van der Waals surface area contributed by atoms with E-state index in [2.05, 4.69) is 6.58 Å². The molecule has 0 aliphatic carbocycles. The molecule has 0 aromatic heterocycles. The molecule has 0 radical (unpaired) electrons. The number of nitrogens with zero attached hydrogens (tertiary/aromatic N) is 1. The van der Waals surface area contributed by atoms with Crippen LogP contribution in [0, 0.1) is 5.92 Å². The Labute approximate surface area is 120 Å². The number of hydrogen-bond acceptors (Lipinski definition) is 6. The van der Waals surface area contributed by atoms with Crippen LogP contribution in [0.15, 0.2) is 22.6 Å². The molecule has 1 fully saturated rings. The molecule has 0 aromatic rings. The molecule has 2 aliphatic heterocycles. The van der Waals surface area contributed by atoms with Gasteiger partial charge in [0.2, 0.25) is 5.91 Å². The highest BCUT2D eigenvalue weighted by atomic mass is 32.2. The Balaban J connectivity index is 2.20. The highest BCUT2D eigenvalue weighted by Crippen LogP contribution is 2.53. The van der Waals surface area contributed by atoms with Crippen LogP contribution in [-0.4, -0.2) is 46.2 Å². The molecule has 1 saturated heterocycles. The van der Waals surface area contributed by atoms with Gasteiger partial charge < -0.3 is 9.84 Å². The fourth-order valence-electron chi connectivity index (χ4n) is 2.09. The molecule has 2 rings (SSSR count). The van der Waals surface area contributed by atoms with Crippen molar-refractivity contribution in [2.24, 2.45) is 5.92 Å². The number of amides is 1. The van der Waals surface area contributed by atoms with Gasteiger partial charge in [0.15, 0.2) is 5.70 Å². The van der Waals surface area contributed by atoms with E-state index in [9.17, 15) is 14.7 Å². The van der Waals surface area contributed by atoms with Gasteiger partial charge in [-0.15, -0.1) is 11.8 Å². The van der Waals surface area contributed by atoms with E-state index < -0.39 is 18.0 Å². The molecule has 1 N–H and O–H groups in total. The van der Waals surface area contributed by atoms with Crippen LogP contribution in [0.2, 0.25) is 0 Å². The van der Waals surface area contributed by atoms with Crippen molar-refractivity contribution in [3.05, 3.63) is 22.6 Å². The predicted molar refractivity (Wildman–Crippen MR) is 75.1 cm³/mol. The van der Waals surface area contributed by atoms with Crippen LogP contribution in [-0.2, 0) is 14.3 Å². The molecule has 2 unspecified atom stereocenters. The normalized spacial score (nSPS) is 26.9. The molecule has 2 aliphatic rings. The van der Waals surface area contributed by atoms with Crippen molar-refractivity contribution in [1.29, 1.82) is 0 Å². The Morgan fingerprint density at radius 3 is 2.95 bits per heavy atom. The summed E-state index contributed by atoms with van der Waals surface area (Å²) in [7, 11) is 0. The molecule has 5 nitrogen and oxygen atoms in total. The minimum absolute atomic E-state index is 0.112. The average molecular weight is 301 g/mol. The number of thioether (sulfide) groups is 2. The van der Waals surface area contributed by atoms with Gasteiger partial charge in [-0.2, -0.15) is 0 Å². The summed E-state index contributed by atoms with van der Waals surface area (Å²) in [5.74, 6) is -1.18. The Bertz CT molecular complexity index is 461. The van der Waals surface area contributed by atoms with Crippen molar-refractivity contribution in [3.8, 4) is 0 Å². The molecular weight excluding hydrogens is 286 g/mol. The summed E-state index contributed by atoms with van der Waals surface area (Å²) < 4.78 is 5.77. The lowest BCUT2D eigenvalue weighted by Gasteiger charge is -2.43. The van der Waals surface area contributed by atoms with E-state index in [1.165, 1.54) is 34.5 Å². The van der Waals surface area contributed by atoms with Crippen LogP contribution < -0.4 is 0 Å². The van der Waals surface area contributed by atoms with Crippen LogP contribution in [0.3, 0.4) is 0 Å². The number of carbonyl (C=O) groups is 2.